The normalized spacial score (nSPS) is 27.4. The SMILES string of the molecule is CCNC1CCN(c2cccc(OC)c2)C(C)C1C. The van der Waals surface area contributed by atoms with Crippen molar-refractivity contribution >= 4 is 5.69 Å². The van der Waals surface area contributed by atoms with Crippen molar-refractivity contribution in [3.05, 3.63) is 24.3 Å². The maximum absolute atomic E-state index is 5.33. The zero-order chi connectivity index (χ0) is 13.8. The molecule has 3 nitrogen and oxygen atoms in total. The van der Waals surface area contributed by atoms with Gasteiger partial charge in [0.05, 0.1) is 7.11 Å². The van der Waals surface area contributed by atoms with Crippen LogP contribution in [-0.2, 0) is 0 Å². The van der Waals surface area contributed by atoms with Crippen LogP contribution < -0.4 is 15.0 Å². The summed E-state index contributed by atoms with van der Waals surface area (Å²) in [6.45, 7) is 9.03. The van der Waals surface area contributed by atoms with E-state index in [9.17, 15) is 0 Å². The van der Waals surface area contributed by atoms with Gasteiger partial charge in [-0.05, 0) is 37.9 Å². The topological polar surface area (TPSA) is 24.5 Å². The summed E-state index contributed by atoms with van der Waals surface area (Å²) < 4.78 is 5.33. The fourth-order valence-corrected chi connectivity index (χ4v) is 3.07. The first-order chi connectivity index (χ1) is 9.17. The van der Waals surface area contributed by atoms with E-state index in [0.29, 0.717) is 18.0 Å². The summed E-state index contributed by atoms with van der Waals surface area (Å²) in [6.07, 6.45) is 1.20. The highest BCUT2D eigenvalue weighted by atomic mass is 16.5. The number of hydrogen-bond acceptors (Lipinski definition) is 3. The molecule has 106 valence electrons. The van der Waals surface area contributed by atoms with Crippen LogP contribution >= 0.6 is 0 Å². The summed E-state index contributed by atoms with van der Waals surface area (Å²) in [7, 11) is 1.72. The number of nitrogens with zero attached hydrogens (tertiary/aromatic N) is 1. The van der Waals surface area contributed by atoms with E-state index >= 15 is 0 Å². The van der Waals surface area contributed by atoms with E-state index < -0.39 is 0 Å². The number of anilines is 1. The third-order valence-corrected chi connectivity index (χ3v) is 4.42. The second-order valence-corrected chi connectivity index (χ2v) is 5.45. The molecule has 1 N–H and O–H groups in total. The zero-order valence-corrected chi connectivity index (χ0v) is 12.5. The van der Waals surface area contributed by atoms with Crippen LogP contribution in [0.4, 0.5) is 5.69 Å². The van der Waals surface area contributed by atoms with E-state index in [1.807, 2.05) is 6.07 Å². The number of rotatable bonds is 4. The Kier molecular flexibility index (Phi) is 4.70. The van der Waals surface area contributed by atoms with Crippen LogP contribution in [-0.4, -0.2) is 32.3 Å². The van der Waals surface area contributed by atoms with Crippen LogP contribution in [0.1, 0.15) is 27.2 Å². The van der Waals surface area contributed by atoms with Gasteiger partial charge in [0, 0.05) is 30.4 Å². The summed E-state index contributed by atoms with van der Waals surface area (Å²) in [5, 5.41) is 3.61. The lowest BCUT2D eigenvalue weighted by Crippen LogP contribution is -2.53. The third-order valence-electron chi connectivity index (χ3n) is 4.42. The zero-order valence-electron chi connectivity index (χ0n) is 12.5. The van der Waals surface area contributed by atoms with Crippen molar-refractivity contribution in [3.8, 4) is 5.75 Å². The van der Waals surface area contributed by atoms with Crippen LogP contribution in [0, 0.1) is 5.92 Å². The van der Waals surface area contributed by atoms with Gasteiger partial charge < -0.3 is 15.0 Å². The predicted molar refractivity (Wildman–Crippen MR) is 81.0 cm³/mol. The number of piperidine rings is 1. The van der Waals surface area contributed by atoms with E-state index in [2.05, 4.69) is 49.2 Å². The molecule has 2 rings (SSSR count). The Bertz CT molecular complexity index is 407. The molecule has 1 heterocycles. The van der Waals surface area contributed by atoms with Crippen molar-refractivity contribution < 1.29 is 4.74 Å². The minimum Gasteiger partial charge on any atom is -0.497 e. The van der Waals surface area contributed by atoms with Crippen LogP contribution in [0.3, 0.4) is 0 Å². The van der Waals surface area contributed by atoms with Crippen molar-refractivity contribution in [2.45, 2.75) is 39.3 Å². The summed E-state index contributed by atoms with van der Waals surface area (Å²) in [6, 6.07) is 9.58. The van der Waals surface area contributed by atoms with Gasteiger partial charge in [-0.25, -0.2) is 0 Å². The molecule has 3 atom stereocenters. The molecule has 3 heteroatoms. The van der Waals surface area contributed by atoms with Crippen molar-refractivity contribution in [2.75, 3.05) is 25.1 Å². The highest BCUT2D eigenvalue weighted by Gasteiger charge is 2.31. The molecule has 1 aliphatic heterocycles. The first-order valence-electron chi connectivity index (χ1n) is 7.31. The second-order valence-electron chi connectivity index (χ2n) is 5.45. The molecule has 0 saturated carbocycles. The van der Waals surface area contributed by atoms with E-state index in [0.717, 1.165) is 18.8 Å². The van der Waals surface area contributed by atoms with Crippen LogP contribution in [0.5, 0.6) is 5.75 Å². The van der Waals surface area contributed by atoms with Crippen LogP contribution in [0.2, 0.25) is 0 Å². The molecule has 0 amide bonds. The maximum atomic E-state index is 5.33. The van der Waals surface area contributed by atoms with Crippen molar-refractivity contribution in [3.63, 3.8) is 0 Å². The molecule has 0 bridgehead atoms. The predicted octanol–water partition coefficient (Wildman–Crippen LogP) is 2.91. The molecule has 1 aromatic rings. The van der Waals surface area contributed by atoms with Crippen LogP contribution in [0.15, 0.2) is 24.3 Å². The lowest BCUT2D eigenvalue weighted by Gasteiger charge is -2.44. The van der Waals surface area contributed by atoms with E-state index in [4.69, 9.17) is 4.74 Å². The largest absolute Gasteiger partial charge is 0.497 e. The molecule has 3 unspecified atom stereocenters. The van der Waals surface area contributed by atoms with Gasteiger partial charge in [-0.15, -0.1) is 0 Å². The fraction of sp³-hybridized carbons (Fsp3) is 0.625. The highest BCUT2D eigenvalue weighted by Crippen LogP contribution is 2.30. The van der Waals surface area contributed by atoms with Gasteiger partial charge in [0.2, 0.25) is 0 Å². The molecule has 19 heavy (non-hydrogen) atoms. The summed E-state index contributed by atoms with van der Waals surface area (Å²) in [5.74, 6) is 1.59. The minimum absolute atomic E-state index is 0.546. The average molecular weight is 262 g/mol. The van der Waals surface area contributed by atoms with Gasteiger partial charge in [0.15, 0.2) is 0 Å². The molecule has 1 aromatic carbocycles. The Morgan fingerprint density at radius 3 is 2.84 bits per heavy atom. The second kappa shape index (κ2) is 6.29. The van der Waals surface area contributed by atoms with E-state index in [-0.39, 0.29) is 0 Å². The summed E-state index contributed by atoms with van der Waals surface area (Å²) in [5.41, 5.74) is 1.27. The van der Waals surface area contributed by atoms with Gasteiger partial charge in [-0.2, -0.15) is 0 Å². The average Bonchev–Trinajstić information content (AvgIpc) is 2.44. The van der Waals surface area contributed by atoms with E-state index in [1.54, 1.807) is 7.11 Å². The Morgan fingerprint density at radius 1 is 1.37 bits per heavy atom. The highest BCUT2D eigenvalue weighted by molar-refractivity contribution is 5.52. The number of nitrogens with one attached hydrogen (secondary N) is 1. The Balaban J connectivity index is 2.13. The third kappa shape index (κ3) is 3.03. The molecule has 0 aromatic heterocycles. The lowest BCUT2D eigenvalue weighted by molar-refractivity contribution is 0.274. The van der Waals surface area contributed by atoms with Crippen LogP contribution in [0.25, 0.3) is 0 Å². The summed E-state index contributed by atoms with van der Waals surface area (Å²) >= 11 is 0. The molecular formula is C16H26N2O. The minimum atomic E-state index is 0.546. The number of benzene rings is 1. The van der Waals surface area contributed by atoms with Gasteiger partial charge in [-0.1, -0.05) is 19.9 Å². The fourth-order valence-electron chi connectivity index (χ4n) is 3.07. The Hall–Kier alpha value is -1.22. The monoisotopic (exact) mass is 262 g/mol. The molecule has 0 spiro atoms. The van der Waals surface area contributed by atoms with Gasteiger partial charge >= 0.3 is 0 Å². The first-order valence-corrected chi connectivity index (χ1v) is 7.31. The number of ether oxygens (including phenoxy) is 1. The molecule has 1 saturated heterocycles. The first kappa shape index (κ1) is 14.2. The maximum Gasteiger partial charge on any atom is 0.120 e. The standard InChI is InChI=1S/C16H26N2O/c1-5-17-16-9-10-18(13(3)12(16)2)14-7-6-8-15(11-14)19-4/h6-8,11-13,16-17H,5,9-10H2,1-4H3. The van der Waals surface area contributed by atoms with Crippen molar-refractivity contribution in [2.24, 2.45) is 5.92 Å². The Morgan fingerprint density at radius 2 is 2.16 bits per heavy atom. The molecule has 0 radical (unpaired) electrons. The molecular weight excluding hydrogens is 236 g/mol. The number of methoxy groups -OCH3 is 1. The summed E-state index contributed by atoms with van der Waals surface area (Å²) in [4.78, 5) is 2.50. The molecule has 1 aliphatic rings. The van der Waals surface area contributed by atoms with Gasteiger partial charge in [-0.3, -0.25) is 0 Å². The lowest BCUT2D eigenvalue weighted by atomic mass is 9.86. The number of hydrogen-bond donors (Lipinski definition) is 1. The Labute approximate surface area is 116 Å². The van der Waals surface area contributed by atoms with E-state index in [1.165, 1.54) is 12.1 Å². The molecule has 0 aliphatic carbocycles. The van der Waals surface area contributed by atoms with Crippen molar-refractivity contribution in [1.29, 1.82) is 0 Å². The molecule has 1 fully saturated rings. The smallest absolute Gasteiger partial charge is 0.120 e. The van der Waals surface area contributed by atoms with Gasteiger partial charge in [0.1, 0.15) is 5.75 Å². The quantitative estimate of drug-likeness (QED) is 0.903. The van der Waals surface area contributed by atoms with Gasteiger partial charge in [0.25, 0.3) is 0 Å². The van der Waals surface area contributed by atoms with Crippen molar-refractivity contribution in [1.82, 2.24) is 5.32 Å².